The average Bonchev–Trinajstić information content (AvgIpc) is 2.69. The van der Waals surface area contributed by atoms with Crippen LogP contribution in [-0.2, 0) is 9.84 Å². The van der Waals surface area contributed by atoms with Crippen LogP contribution in [0.4, 0.5) is 0 Å². The highest BCUT2D eigenvalue weighted by atomic mass is 32.2. The molecule has 0 saturated carbocycles. The van der Waals surface area contributed by atoms with Gasteiger partial charge in [0.05, 0.1) is 28.6 Å². The van der Waals surface area contributed by atoms with E-state index in [0.717, 1.165) is 6.42 Å². The van der Waals surface area contributed by atoms with Crippen molar-refractivity contribution in [2.75, 3.05) is 6.61 Å². The summed E-state index contributed by atoms with van der Waals surface area (Å²) in [5, 5.41) is 8.22. The van der Waals surface area contributed by atoms with Gasteiger partial charge < -0.3 is 4.74 Å². The van der Waals surface area contributed by atoms with Crippen LogP contribution in [0.5, 0.6) is 5.88 Å². The Morgan fingerprint density at radius 3 is 2.21 bits per heavy atom. The molecule has 0 bridgehead atoms. The summed E-state index contributed by atoms with van der Waals surface area (Å²) >= 11 is 0. The van der Waals surface area contributed by atoms with Gasteiger partial charge in [-0.2, -0.15) is 5.26 Å². The Balaban J connectivity index is 2.11. The van der Waals surface area contributed by atoms with Crippen molar-refractivity contribution >= 4 is 20.9 Å². The Morgan fingerprint density at radius 1 is 1.00 bits per heavy atom. The molecule has 0 radical (unpaired) electrons. The number of hydrogen-bond acceptors (Lipinski definition) is 6. The molecule has 0 amide bonds. The molecule has 7 heteroatoms. The maximum absolute atomic E-state index is 13.1. The molecule has 0 N–H and O–H groups in total. The largest absolute Gasteiger partial charge is 0.476 e. The third-order valence-corrected chi connectivity index (χ3v) is 6.12. The Labute approximate surface area is 164 Å². The maximum Gasteiger partial charge on any atom is 0.238 e. The molecule has 3 rings (SSSR count). The van der Waals surface area contributed by atoms with Gasteiger partial charge in [0.1, 0.15) is 5.69 Å². The fourth-order valence-electron chi connectivity index (χ4n) is 2.69. The van der Waals surface area contributed by atoms with Crippen LogP contribution in [0.1, 0.15) is 31.2 Å². The van der Waals surface area contributed by atoms with Crippen molar-refractivity contribution in [1.29, 1.82) is 5.26 Å². The summed E-state index contributed by atoms with van der Waals surface area (Å²) in [6.07, 6.45) is 0.774. The fraction of sp³-hybridized carbons (Fsp3) is 0.286. The number of fused-ring (bicyclic) bond motifs is 1. The molecule has 0 saturated heterocycles. The molecular formula is C21H21N3O3S. The van der Waals surface area contributed by atoms with E-state index in [2.05, 4.69) is 23.8 Å². The number of benzene rings is 2. The maximum atomic E-state index is 13.1. The minimum Gasteiger partial charge on any atom is -0.476 e. The summed E-state index contributed by atoms with van der Waals surface area (Å²) in [5.74, 6) is 0.502. The van der Waals surface area contributed by atoms with Crippen LogP contribution in [0.25, 0.3) is 11.0 Å². The van der Waals surface area contributed by atoms with Crippen molar-refractivity contribution < 1.29 is 13.2 Å². The standard InChI is InChI=1S/C21H21N3O3S/c1-15(2)12-13-27-21-20(23-17-10-6-7-11-18(17)24-21)19(14-22)28(25,26)16-8-4-3-5-9-16/h3-11,15,19H,12-13H2,1-2H3. The van der Waals surface area contributed by atoms with E-state index in [0.29, 0.717) is 23.6 Å². The molecule has 28 heavy (non-hydrogen) atoms. The zero-order valence-corrected chi connectivity index (χ0v) is 16.6. The quantitative estimate of drug-likeness (QED) is 0.598. The van der Waals surface area contributed by atoms with Gasteiger partial charge in [-0.3, -0.25) is 0 Å². The Bertz CT molecular complexity index is 1110. The Morgan fingerprint density at radius 2 is 1.61 bits per heavy atom. The van der Waals surface area contributed by atoms with E-state index >= 15 is 0 Å². The summed E-state index contributed by atoms with van der Waals surface area (Å²) < 4.78 is 32.0. The fourth-order valence-corrected chi connectivity index (χ4v) is 4.08. The minimum atomic E-state index is -3.98. The first-order valence-electron chi connectivity index (χ1n) is 9.01. The zero-order chi connectivity index (χ0) is 20.1. The lowest BCUT2D eigenvalue weighted by atomic mass is 10.1. The van der Waals surface area contributed by atoms with Crippen LogP contribution in [0, 0.1) is 17.2 Å². The molecule has 6 nitrogen and oxygen atoms in total. The van der Waals surface area contributed by atoms with Crippen LogP contribution in [0.3, 0.4) is 0 Å². The summed E-state index contributed by atoms with van der Waals surface area (Å²) in [5.41, 5.74) is 1.12. The molecule has 1 atom stereocenters. The van der Waals surface area contributed by atoms with Gasteiger partial charge in [0.2, 0.25) is 15.7 Å². The second kappa shape index (κ2) is 8.36. The van der Waals surface area contributed by atoms with E-state index in [1.54, 1.807) is 36.4 Å². The second-order valence-electron chi connectivity index (χ2n) is 6.80. The van der Waals surface area contributed by atoms with Crippen LogP contribution in [0.15, 0.2) is 59.5 Å². The number of nitrogens with zero attached hydrogens (tertiary/aromatic N) is 3. The van der Waals surface area contributed by atoms with Crippen molar-refractivity contribution in [3.63, 3.8) is 0 Å². The first kappa shape index (κ1) is 19.8. The molecule has 0 aliphatic rings. The van der Waals surface area contributed by atoms with E-state index in [4.69, 9.17) is 4.74 Å². The van der Waals surface area contributed by atoms with Crippen LogP contribution in [0.2, 0.25) is 0 Å². The predicted octanol–water partition coefficient (Wildman–Crippen LogP) is 4.09. The van der Waals surface area contributed by atoms with E-state index in [9.17, 15) is 13.7 Å². The third kappa shape index (κ3) is 4.12. The van der Waals surface area contributed by atoms with Gasteiger partial charge in [-0.1, -0.05) is 44.2 Å². The van der Waals surface area contributed by atoms with Gasteiger partial charge in [-0.05, 0) is 36.6 Å². The lowest BCUT2D eigenvalue weighted by Gasteiger charge is -2.16. The molecule has 1 unspecified atom stereocenters. The summed E-state index contributed by atoms with van der Waals surface area (Å²) in [6.45, 7) is 4.49. The zero-order valence-electron chi connectivity index (χ0n) is 15.7. The summed E-state index contributed by atoms with van der Waals surface area (Å²) in [7, 11) is -3.98. The molecule has 1 heterocycles. The van der Waals surface area contributed by atoms with E-state index < -0.39 is 15.1 Å². The molecule has 1 aromatic heterocycles. The summed E-state index contributed by atoms with van der Waals surface area (Å²) in [4.78, 5) is 8.95. The number of nitriles is 1. The van der Waals surface area contributed by atoms with Crippen LogP contribution >= 0.6 is 0 Å². The molecule has 0 aliphatic heterocycles. The van der Waals surface area contributed by atoms with Crippen molar-refractivity contribution in [3.8, 4) is 11.9 Å². The number of ether oxygens (including phenoxy) is 1. The smallest absolute Gasteiger partial charge is 0.238 e. The van der Waals surface area contributed by atoms with E-state index in [-0.39, 0.29) is 16.5 Å². The van der Waals surface area contributed by atoms with Crippen molar-refractivity contribution in [2.24, 2.45) is 5.92 Å². The Kier molecular flexibility index (Phi) is 5.90. The van der Waals surface area contributed by atoms with Gasteiger partial charge in [0.25, 0.3) is 0 Å². The lowest BCUT2D eigenvalue weighted by molar-refractivity contribution is 0.276. The van der Waals surface area contributed by atoms with Gasteiger partial charge in [-0.15, -0.1) is 0 Å². The molecule has 2 aromatic carbocycles. The van der Waals surface area contributed by atoms with Crippen LogP contribution in [-0.4, -0.2) is 25.0 Å². The van der Waals surface area contributed by atoms with Crippen LogP contribution < -0.4 is 4.74 Å². The molecule has 0 aliphatic carbocycles. The monoisotopic (exact) mass is 395 g/mol. The highest BCUT2D eigenvalue weighted by Crippen LogP contribution is 2.33. The summed E-state index contributed by atoms with van der Waals surface area (Å²) in [6, 6.07) is 16.9. The number of hydrogen-bond donors (Lipinski definition) is 0. The number of rotatable bonds is 7. The first-order chi connectivity index (χ1) is 13.4. The minimum absolute atomic E-state index is 0.0220. The van der Waals surface area contributed by atoms with E-state index in [1.165, 1.54) is 12.1 Å². The molecule has 144 valence electrons. The lowest BCUT2D eigenvalue weighted by Crippen LogP contribution is -2.16. The highest BCUT2D eigenvalue weighted by molar-refractivity contribution is 7.92. The topological polar surface area (TPSA) is 92.9 Å². The molecule has 0 fully saturated rings. The van der Waals surface area contributed by atoms with Gasteiger partial charge >= 0.3 is 0 Å². The molecular weight excluding hydrogens is 374 g/mol. The van der Waals surface area contributed by atoms with Gasteiger partial charge in [0.15, 0.2) is 5.25 Å². The number of sulfone groups is 1. The molecule has 3 aromatic rings. The SMILES string of the molecule is CC(C)CCOc1nc2ccccc2nc1C(C#N)S(=O)(=O)c1ccccc1. The average molecular weight is 395 g/mol. The van der Waals surface area contributed by atoms with Crippen molar-refractivity contribution in [3.05, 3.63) is 60.3 Å². The van der Waals surface area contributed by atoms with E-state index in [1.807, 2.05) is 12.1 Å². The predicted molar refractivity (Wildman–Crippen MR) is 106 cm³/mol. The van der Waals surface area contributed by atoms with Crippen molar-refractivity contribution in [1.82, 2.24) is 9.97 Å². The third-order valence-electron chi connectivity index (χ3n) is 4.25. The second-order valence-corrected chi connectivity index (χ2v) is 8.83. The van der Waals surface area contributed by atoms with Crippen molar-refractivity contribution in [2.45, 2.75) is 30.4 Å². The normalized spacial score (nSPS) is 12.6. The number of aromatic nitrogens is 2. The highest BCUT2D eigenvalue weighted by Gasteiger charge is 2.34. The van der Waals surface area contributed by atoms with Gasteiger partial charge in [-0.25, -0.2) is 18.4 Å². The molecule has 0 spiro atoms. The Hall–Kier alpha value is -2.98. The first-order valence-corrected chi connectivity index (χ1v) is 10.6. The van der Waals surface area contributed by atoms with Gasteiger partial charge in [0, 0.05) is 0 Å². The number of para-hydroxylation sites is 2.